The first-order chi connectivity index (χ1) is 14.4. The Labute approximate surface area is 178 Å². The molecule has 0 saturated heterocycles. The molecule has 0 aliphatic carbocycles. The van der Waals surface area contributed by atoms with Crippen LogP contribution in [0.2, 0.25) is 0 Å². The van der Waals surface area contributed by atoms with Crippen LogP contribution in [0.3, 0.4) is 0 Å². The van der Waals surface area contributed by atoms with E-state index in [9.17, 15) is 0 Å². The smallest absolute Gasteiger partial charge is 0.0706 e. The fourth-order valence-electron chi connectivity index (χ4n) is 3.50. The molecule has 5 nitrogen and oxygen atoms in total. The number of nitrogen functional groups attached to an aromatic ring is 1. The Balaban J connectivity index is 1.95. The quantitative estimate of drug-likeness (QED) is 0.362. The molecule has 0 saturated carbocycles. The van der Waals surface area contributed by atoms with Gasteiger partial charge in [-0.2, -0.15) is 0 Å². The van der Waals surface area contributed by atoms with Crippen LogP contribution in [0, 0.1) is 12.3 Å². The summed E-state index contributed by atoms with van der Waals surface area (Å²) in [5.74, 6) is 0. The van der Waals surface area contributed by atoms with Crippen molar-refractivity contribution in [1.29, 1.82) is 5.41 Å². The van der Waals surface area contributed by atoms with Gasteiger partial charge in [0.25, 0.3) is 0 Å². The summed E-state index contributed by atoms with van der Waals surface area (Å²) in [6.07, 6.45) is 3.37. The van der Waals surface area contributed by atoms with E-state index in [-0.39, 0.29) is 6.04 Å². The molecule has 0 aliphatic heterocycles. The summed E-state index contributed by atoms with van der Waals surface area (Å²) in [4.78, 5) is 6.50. The molecule has 0 amide bonds. The topological polar surface area (TPSA) is 78.0 Å². The number of nitrogens with two attached hydrogens (primary N) is 1. The Bertz CT molecular complexity index is 1040. The van der Waals surface area contributed by atoms with Gasteiger partial charge in [-0.15, -0.1) is 0 Å². The van der Waals surface area contributed by atoms with Crippen molar-refractivity contribution in [3.63, 3.8) is 0 Å². The minimum Gasteiger partial charge on any atom is -0.398 e. The number of aromatic nitrogens is 1. The number of nitrogens with zero attached hydrogens (tertiary/aromatic N) is 2. The average Bonchev–Trinajstić information content (AvgIpc) is 2.75. The molecule has 1 heterocycles. The van der Waals surface area contributed by atoms with Crippen molar-refractivity contribution in [1.82, 2.24) is 9.88 Å². The van der Waals surface area contributed by atoms with Gasteiger partial charge in [0.1, 0.15) is 0 Å². The molecule has 3 rings (SSSR count). The molecular formula is C25H29N5. The Morgan fingerprint density at radius 3 is 2.63 bits per heavy atom. The number of aryl methyl sites for hydroxylation is 1. The van der Waals surface area contributed by atoms with E-state index in [1.165, 1.54) is 5.56 Å². The van der Waals surface area contributed by atoms with Gasteiger partial charge in [-0.3, -0.25) is 15.3 Å². The van der Waals surface area contributed by atoms with Crippen LogP contribution < -0.4 is 11.1 Å². The molecule has 0 spiro atoms. The van der Waals surface area contributed by atoms with Gasteiger partial charge in [-0.25, -0.2) is 0 Å². The summed E-state index contributed by atoms with van der Waals surface area (Å²) in [5.41, 5.74) is 12.9. The zero-order valence-electron chi connectivity index (χ0n) is 17.8. The molecule has 0 aliphatic rings. The van der Waals surface area contributed by atoms with Gasteiger partial charge in [0.2, 0.25) is 0 Å². The van der Waals surface area contributed by atoms with Gasteiger partial charge in [0, 0.05) is 47.0 Å². The second-order valence-electron chi connectivity index (χ2n) is 7.51. The van der Waals surface area contributed by atoms with Crippen molar-refractivity contribution in [3.8, 4) is 0 Å². The molecule has 1 aromatic heterocycles. The molecule has 1 atom stereocenters. The number of benzene rings is 2. The highest BCUT2D eigenvalue weighted by Crippen LogP contribution is 2.29. The van der Waals surface area contributed by atoms with Crippen molar-refractivity contribution in [2.45, 2.75) is 26.4 Å². The fraction of sp³-hybridized carbons (Fsp3) is 0.200. The predicted molar refractivity (Wildman–Crippen MR) is 126 cm³/mol. The van der Waals surface area contributed by atoms with Crippen LogP contribution in [0.5, 0.6) is 0 Å². The predicted octanol–water partition coefficient (Wildman–Crippen LogP) is 5.14. The zero-order chi connectivity index (χ0) is 21.7. The highest BCUT2D eigenvalue weighted by atomic mass is 15.1. The summed E-state index contributed by atoms with van der Waals surface area (Å²) in [6.45, 7) is 8.59. The van der Waals surface area contributed by atoms with Gasteiger partial charge in [-0.05, 0) is 62.5 Å². The van der Waals surface area contributed by atoms with E-state index in [4.69, 9.17) is 11.1 Å². The first-order valence-corrected chi connectivity index (χ1v) is 9.97. The van der Waals surface area contributed by atoms with Crippen LogP contribution in [-0.2, 0) is 6.54 Å². The molecule has 2 aromatic carbocycles. The Morgan fingerprint density at radius 2 is 1.97 bits per heavy atom. The number of hydrogen-bond acceptors (Lipinski definition) is 5. The molecule has 0 bridgehead atoms. The normalized spacial score (nSPS) is 11.9. The van der Waals surface area contributed by atoms with Crippen LogP contribution in [0.15, 0.2) is 73.6 Å². The van der Waals surface area contributed by atoms with E-state index in [1.807, 2.05) is 37.3 Å². The standard InChI is InChI=1S/C25H29N5/c1-5-28-24-15-23(26)22(25(27)20-11-12-29-17(2)13-20)14-21(24)16-30(4)18(3)19-9-7-6-8-10-19/h5-15,18,27-28H,1,16,26H2,2-4H3. The van der Waals surface area contributed by atoms with Crippen LogP contribution in [0.25, 0.3) is 0 Å². The van der Waals surface area contributed by atoms with E-state index in [0.29, 0.717) is 23.5 Å². The number of hydrogen-bond donors (Lipinski definition) is 3. The SMILES string of the molecule is C=CNc1cc(N)c(C(=N)c2ccnc(C)c2)cc1CN(C)C(C)c1ccccc1. The molecular weight excluding hydrogens is 370 g/mol. The Kier molecular flexibility index (Phi) is 6.65. The lowest BCUT2D eigenvalue weighted by molar-refractivity contribution is 0.253. The fourth-order valence-corrected chi connectivity index (χ4v) is 3.50. The van der Waals surface area contributed by atoms with Crippen molar-refractivity contribution in [2.24, 2.45) is 0 Å². The lowest BCUT2D eigenvalue weighted by atomic mass is 9.97. The van der Waals surface area contributed by atoms with Gasteiger partial charge >= 0.3 is 0 Å². The van der Waals surface area contributed by atoms with Crippen molar-refractivity contribution in [3.05, 3.63) is 102 Å². The van der Waals surface area contributed by atoms with Gasteiger partial charge in [0.05, 0.1) is 5.71 Å². The second-order valence-corrected chi connectivity index (χ2v) is 7.51. The molecule has 154 valence electrons. The third-order valence-corrected chi connectivity index (χ3v) is 5.35. The van der Waals surface area contributed by atoms with E-state index in [0.717, 1.165) is 22.5 Å². The highest BCUT2D eigenvalue weighted by molar-refractivity contribution is 6.14. The monoisotopic (exact) mass is 399 g/mol. The maximum absolute atomic E-state index is 8.72. The van der Waals surface area contributed by atoms with E-state index >= 15 is 0 Å². The lowest BCUT2D eigenvalue weighted by Crippen LogP contribution is -2.23. The third-order valence-electron chi connectivity index (χ3n) is 5.35. The molecule has 3 aromatic rings. The first-order valence-electron chi connectivity index (χ1n) is 9.97. The summed E-state index contributed by atoms with van der Waals surface area (Å²) in [7, 11) is 2.10. The van der Waals surface area contributed by atoms with Crippen LogP contribution in [0.1, 0.15) is 40.9 Å². The van der Waals surface area contributed by atoms with Gasteiger partial charge in [0.15, 0.2) is 0 Å². The van der Waals surface area contributed by atoms with E-state index in [2.05, 4.69) is 60.0 Å². The number of anilines is 2. The van der Waals surface area contributed by atoms with Crippen LogP contribution >= 0.6 is 0 Å². The second kappa shape index (κ2) is 9.37. The molecule has 0 fully saturated rings. The molecule has 5 heteroatoms. The van der Waals surface area contributed by atoms with Crippen molar-refractivity contribution < 1.29 is 0 Å². The third kappa shape index (κ3) is 4.75. The summed E-state index contributed by atoms with van der Waals surface area (Å²) >= 11 is 0. The zero-order valence-corrected chi connectivity index (χ0v) is 17.8. The van der Waals surface area contributed by atoms with Gasteiger partial charge in [-0.1, -0.05) is 36.9 Å². The largest absolute Gasteiger partial charge is 0.398 e. The average molecular weight is 400 g/mol. The first kappa shape index (κ1) is 21.3. The molecule has 1 unspecified atom stereocenters. The minimum absolute atomic E-state index is 0.242. The maximum Gasteiger partial charge on any atom is 0.0706 e. The Hall–Kier alpha value is -3.44. The molecule has 0 radical (unpaired) electrons. The van der Waals surface area contributed by atoms with E-state index in [1.54, 1.807) is 12.4 Å². The summed E-state index contributed by atoms with van der Waals surface area (Å²) in [6, 6.07) is 18.3. The van der Waals surface area contributed by atoms with Crippen LogP contribution in [-0.4, -0.2) is 22.6 Å². The maximum atomic E-state index is 8.72. The summed E-state index contributed by atoms with van der Waals surface area (Å²) < 4.78 is 0. The highest BCUT2D eigenvalue weighted by Gasteiger charge is 2.17. The number of nitrogens with one attached hydrogen (secondary N) is 2. The Morgan fingerprint density at radius 1 is 1.23 bits per heavy atom. The number of rotatable bonds is 8. The van der Waals surface area contributed by atoms with Crippen molar-refractivity contribution in [2.75, 3.05) is 18.1 Å². The lowest BCUT2D eigenvalue weighted by Gasteiger charge is -2.27. The van der Waals surface area contributed by atoms with Crippen LogP contribution in [0.4, 0.5) is 11.4 Å². The van der Waals surface area contributed by atoms with Gasteiger partial charge < -0.3 is 11.1 Å². The molecule has 30 heavy (non-hydrogen) atoms. The summed E-state index contributed by atoms with van der Waals surface area (Å²) in [5, 5.41) is 11.9. The number of pyridine rings is 1. The minimum atomic E-state index is 0.242. The van der Waals surface area contributed by atoms with Crippen molar-refractivity contribution >= 4 is 17.1 Å². The molecule has 4 N–H and O–H groups in total. The van der Waals surface area contributed by atoms with E-state index < -0.39 is 0 Å².